The zero-order valence-corrected chi connectivity index (χ0v) is 13.7. The van der Waals surface area contributed by atoms with E-state index in [-0.39, 0.29) is 6.54 Å². The van der Waals surface area contributed by atoms with Crippen LogP contribution in [0.2, 0.25) is 0 Å². The molecule has 0 unspecified atom stereocenters. The lowest BCUT2D eigenvalue weighted by molar-refractivity contribution is -0.187. The minimum atomic E-state index is -4.64. The van der Waals surface area contributed by atoms with Crippen LogP contribution < -0.4 is 5.32 Å². The van der Waals surface area contributed by atoms with Gasteiger partial charge in [0, 0.05) is 31.0 Å². The highest BCUT2D eigenvalue weighted by molar-refractivity contribution is 5.77. The summed E-state index contributed by atoms with van der Waals surface area (Å²) in [4.78, 5) is 28.2. The molecule has 0 saturated carbocycles. The summed E-state index contributed by atoms with van der Waals surface area (Å²) in [5.74, 6) is -5.20. The van der Waals surface area contributed by atoms with Crippen LogP contribution in [0.25, 0.3) is 0 Å². The Morgan fingerprint density at radius 3 is 2.64 bits per heavy atom. The second-order valence-corrected chi connectivity index (χ2v) is 6.10. The molecule has 1 saturated heterocycles. The molecule has 1 aromatic rings. The molecule has 9 heteroatoms. The third-order valence-corrected chi connectivity index (χ3v) is 4.18. The fourth-order valence-electron chi connectivity index (χ4n) is 2.87. The molecule has 2 heterocycles. The number of carbonyl (C=O) groups excluding carboxylic acids is 1. The van der Waals surface area contributed by atoms with Gasteiger partial charge >= 0.3 is 18.2 Å². The summed E-state index contributed by atoms with van der Waals surface area (Å²) in [7, 11) is 0. The van der Waals surface area contributed by atoms with Gasteiger partial charge in [-0.05, 0) is 31.9 Å². The summed E-state index contributed by atoms with van der Waals surface area (Å²) in [6, 6.07) is 4.94. The summed E-state index contributed by atoms with van der Waals surface area (Å²) in [5, 5.41) is 11.5. The molecule has 25 heavy (non-hydrogen) atoms. The first kappa shape index (κ1) is 19.0. The molecule has 0 aromatic carbocycles. The van der Waals surface area contributed by atoms with E-state index < -0.39 is 43.1 Å². The second kappa shape index (κ2) is 7.71. The molecule has 1 aromatic heterocycles. The Kier molecular flexibility index (Phi) is 5.86. The summed E-state index contributed by atoms with van der Waals surface area (Å²) in [5.41, 5.74) is 1.76. The minimum Gasteiger partial charge on any atom is -0.481 e. The number of nitrogens with zero attached hydrogens (tertiary/aromatic N) is 2. The largest absolute Gasteiger partial charge is 0.481 e. The lowest BCUT2D eigenvalue weighted by atomic mass is 9.96. The van der Waals surface area contributed by atoms with Crippen LogP contribution in [0, 0.1) is 18.8 Å². The fraction of sp³-hybridized carbons (Fsp3) is 0.562. The van der Waals surface area contributed by atoms with Crippen LogP contribution in [-0.4, -0.2) is 52.8 Å². The number of carbonyl (C=O) groups is 2. The number of urea groups is 1. The molecule has 2 rings (SSSR count). The van der Waals surface area contributed by atoms with Crippen LogP contribution in [0.5, 0.6) is 0 Å². The first-order valence-electron chi connectivity index (χ1n) is 7.93. The zero-order chi connectivity index (χ0) is 18.6. The van der Waals surface area contributed by atoms with Gasteiger partial charge in [-0.15, -0.1) is 0 Å². The van der Waals surface area contributed by atoms with Gasteiger partial charge in [-0.1, -0.05) is 6.07 Å². The number of hydrogen-bond donors (Lipinski definition) is 2. The molecule has 1 fully saturated rings. The van der Waals surface area contributed by atoms with Gasteiger partial charge in [0.15, 0.2) is 0 Å². The van der Waals surface area contributed by atoms with E-state index in [0.29, 0.717) is 12.8 Å². The van der Waals surface area contributed by atoms with Gasteiger partial charge in [-0.3, -0.25) is 9.78 Å². The van der Waals surface area contributed by atoms with Crippen molar-refractivity contribution in [3.8, 4) is 0 Å². The van der Waals surface area contributed by atoms with Crippen molar-refractivity contribution in [1.29, 1.82) is 0 Å². The predicted octanol–water partition coefficient (Wildman–Crippen LogP) is 2.23. The van der Waals surface area contributed by atoms with Crippen LogP contribution in [0.1, 0.15) is 17.8 Å². The van der Waals surface area contributed by atoms with Gasteiger partial charge in [0.05, 0.1) is 11.8 Å². The number of carboxylic acids is 1. The highest BCUT2D eigenvalue weighted by Crippen LogP contribution is 2.37. The van der Waals surface area contributed by atoms with Crippen molar-refractivity contribution in [2.45, 2.75) is 25.9 Å². The lowest BCUT2D eigenvalue weighted by Gasteiger charge is -2.18. The maximum absolute atomic E-state index is 12.9. The first-order chi connectivity index (χ1) is 11.7. The highest BCUT2D eigenvalue weighted by atomic mass is 19.4. The molecule has 0 aliphatic carbocycles. The smallest absolute Gasteiger partial charge is 0.394 e. The minimum absolute atomic E-state index is 0.277. The van der Waals surface area contributed by atoms with Crippen molar-refractivity contribution >= 4 is 12.0 Å². The second-order valence-electron chi connectivity index (χ2n) is 6.10. The Morgan fingerprint density at radius 1 is 1.36 bits per heavy atom. The Bertz CT molecular complexity index is 637. The Labute approximate surface area is 143 Å². The number of carboxylic acid groups (broad SMARTS) is 1. The van der Waals surface area contributed by atoms with E-state index >= 15 is 0 Å². The molecular formula is C16H20F3N3O3. The molecule has 138 valence electrons. The van der Waals surface area contributed by atoms with Gasteiger partial charge < -0.3 is 15.3 Å². The van der Waals surface area contributed by atoms with Crippen molar-refractivity contribution in [3.05, 3.63) is 29.6 Å². The average molecular weight is 359 g/mol. The molecule has 2 amide bonds. The van der Waals surface area contributed by atoms with Gasteiger partial charge in [0.2, 0.25) is 0 Å². The molecule has 1 aliphatic rings. The SMILES string of the molecule is Cc1cccc(CCCNC(=O)N2C[C@@H](C(F)(F)F)[C@H](C(=O)O)C2)n1. The molecule has 0 spiro atoms. The van der Waals surface area contributed by atoms with Crippen molar-refractivity contribution in [1.82, 2.24) is 15.2 Å². The summed E-state index contributed by atoms with van der Waals surface area (Å²) in [6.45, 7) is 1.07. The number of halogens is 3. The number of amides is 2. The lowest BCUT2D eigenvalue weighted by Crippen LogP contribution is -2.40. The average Bonchev–Trinajstić information content (AvgIpc) is 2.97. The van der Waals surface area contributed by atoms with E-state index in [1.807, 2.05) is 25.1 Å². The number of nitrogens with one attached hydrogen (secondary N) is 1. The van der Waals surface area contributed by atoms with Crippen molar-refractivity contribution in [3.63, 3.8) is 0 Å². The third kappa shape index (κ3) is 5.07. The monoisotopic (exact) mass is 359 g/mol. The molecule has 0 bridgehead atoms. The van der Waals surface area contributed by atoms with E-state index in [0.717, 1.165) is 16.3 Å². The summed E-state index contributed by atoms with van der Waals surface area (Å²) < 4.78 is 38.7. The zero-order valence-electron chi connectivity index (χ0n) is 13.7. The maximum Gasteiger partial charge on any atom is 0.394 e. The number of aromatic nitrogens is 1. The van der Waals surface area contributed by atoms with Crippen LogP contribution in [0.3, 0.4) is 0 Å². The quantitative estimate of drug-likeness (QED) is 0.790. The molecular weight excluding hydrogens is 339 g/mol. The van der Waals surface area contributed by atoms with E-state index in [1.165, 1.54) is 0 Å². The number of pyridine rings is 1. The third-order valence-electron chi connectivity index (χ3n) is 4.18. The van der Waals surface area contributed by atoms with E-state index in [1.54, 1.807) is 0 Å². The van der Waals surface area contributed by atoms with Crippen LogP contribution in [-0.2, 0) is 11.2 Å². The van der Waals surface area contributed by atoms with Crippen molar-refractivity contribution in [2.24, 2.45) is 11.8 Å². The van der Waals surface area contributed by atoms with Gasteiger partial charge in [0.25, 0.3) is 0 Å². The Hall–Kier alpha value is -2.32. The van der Waals surface area contributed by atoms with E-state index in [4.69, 9.17) is 5.11 Å². The van der Waals surface area contributed by atoms with Crippen molar-refractivity contribution < 1.29 is 27.9 Å². The topological polar surface area (TPSA) is 82.5 Å². The van der Waals surface area contributed by atoms with Crippen LogP contribution in [0.15, 0.2) is 18.2 Å². The fourth-order valence-corrected chi connectivity index (χ4v) is 2.87. The number of likely N-dealkylation sites (tertiary alicyclic amines) is 1. The molecule has 2 atom stereocenters. The first-order valence-corrected chi connectivity index (χ1v) is 7.93. The predicted molar refractivity (Wildman–Crippen MR) is 82.9 cm³/mol. The number of rotatable bonds is 5. The number of alkyl halides is 3. The normalized spacial score (nSPS) is 20.6. The highest BCUT2D eigenvalue weighted by Gasteiger charge is 2.53. The Morgan fingerprint density at radius 2 is 2.08 bits per heavy atom. The molecule has 2 N–H and O–H groups in total. The number of hydrogen-bond acceptors (Lipinski definition) is 3. The van der Waals surface area contributed by atoms with Crippen LogP contribution in [0.4, 0.5) is 18.0 Å². The van der Waals surface area contributed by atoms with Crippen LogP contribution >= 0.6 is 0 Å². The van der Waals surface area contributed by atoms with Gasteiger partial charge in [0.1, 0.15) is 0 Å². The van der Waals surface area contributed by atoms with Gasteiger partial charge in [-0.25, -0.2) is 4.79 Å². The maximum atomic E-state index is 12.9. The summed E-state index contributed by atoms with van der Waals surface area (Å²) in [6.07, 6.45) is -3.43. The van der Waals surface area contributed by atoms with E-state index in [2.05, 4.69) is 10.3 Å². The number of aliphatic carboxylic acids is 1. The standard InChI is InChI=1S/C16H20F3N3O3/c1-10-4-2-5-11(21-10)6-3-7-20-15(25)22-8-12(14(23)24)13(9-22)16(17,18)19/h2,4-5,12-13H,3,6-9H2,1H3,(H,20,25)(H,23,24)/t12-,13-/m1/s1. The van der Waals surface area contributed by atoms with Crippen molar-refractivity contribution in [2.75, 3.05) is 19.6 Å². The van der Waals surface area contributed by atoms with Gasteiger partial charge in [-0.2, -0.15) is 13.2 Å². The number of aryl methyl sites for hydroxylation is 2. The Balaban J connectivity index is 1.82. The summed E-state index contributed by atoms with van der Waals surface area (Å²) >= 11 is 0. The molecule has 1 aliphatic heterocycles. The molecule has 6 nitrogen and oxygen atoms in total. The van der Waals surface area contributed by atoms with E-state index in [9.17, 15) is 22.8 Å². The molecule has 0 radical (unpaired) electrons.